The smallest absolute Gasteiger partial charge is 0.230 e. The Morgan fingerprint density at radius 2 is 2.00 bits per heavy atom. The van der Waals surface area contributed by atoms with Crippen molar-refractivity contribution in [2.75, 3.05) is 5.32 Å². The molecule has 0 bridgehead atoms. The number of ether oxygens (including phenoxy) is 1. The third-order valence-corrected chi connectivity index (χ3v) is 4.22. The average molecular weight is 276 g/mol. The van der Waals surface area contributed by atoms with Crippen LogP contribution in [0.25, 0.3) is 0 Å². The summed E-state index contributed by atoms with van der Waals surface area (Å²) in [6.07, 6.45) is 0.0766. The zero-order valence-electron chi connectivity index (χ0n) is 12.6. The van der Waals surface area contributed by atoms with Gasteiger partial charge in [-0.3, -0.25) is 4.79 Å². The first-order valence-corrected chi connectivity index (χ1v) is 7.22. The van der Waals surface area contributed by atoms with E-state index in [4.69, 9.17) is 10.5 Å². The monoisotopic (exact) mass is 276 g/mol. The van der Waals surface area contributed by atoms with Gasteiger partial charge in [-0.25, -0.2) is 0 Å². The van der Waals surface area contributed by atoms with E-state index in [0.717, 1.165) is 11.3 Å². The molecule has 0 radical (unpaired) electrons. The van der Waals surface area contributed by atoms with E-state index in [9.17, 15) is 4.79 Å². The van der Waals surface area contributed by atoms with Crippen molar-refractivity contribution in [1.29, 1.82) is 0 Å². The fourth-order valence-electron chi connectivity index (χ4n) is 2.84. The number of benzene rings is 1. The molecule has 0 aromatic heterocycles. The topological polar surface area (TPSA) is 64.3 Å². The molecule has 4 heteroatoms. The number of carbonyl (C=O) groups excluding carboxylic acids is 1. The number of hydrogen-bond acceptors (Lipinski definition) is 3. The molecule has 0 saturated carbocycles. The molecule has 3 N–H and O–H groups in total. The Kier molecular flexibility index (Phi) is 4.45. The molecule has 5 atom stereocenters. The zero-order valence-corrected chi connectivity index (χ0v) is 12.6. The van der Waals surface area contributed by atoms with Crippen LogP contribution in [-0.2, 0) is 9.53 Å². The van der Waals surface area contributed by atoms with E-state index >= 15 is 0 Å². The minimum absolute atomic E-state index is 0.0242. The maximum absolute atomic E-state index is 12.4. The Labute approximate surface area is 120 Å². The standard InChI is InChI=1S/C16H24N2O2/c1-9-11(3)20-12(4)15(9)16(19)18-14-7-5-6-13(8-14)10(2)17/h5-12,15H,17H2,1-4H3,(H,18,19). The quantitative estimate of drug-likeness (QED) is 0.892. The summed E-state index contributed by atoms with van der Waals surface area (Å²) in [6.45, 7) is 7.97. The van der Waals surface area contributed by atoms with E-state index in [1.54, 1.807) is 0 Å². The number of carbonyl (C=O) groups is 1. The van der Waals surface area contributed by atoms with Crippen LogP contribution in [0, 0.1) is 11.8 Å². The molecule has 0 spiro atoms. The molecule has 1 fully saturated rings. The third kappa shape index (κ3) is 3.02. The van der Waals surface area contributed by atoms with Gasteiger partial charge < -0.3 is 15.8 Å². The number of hydrogen-bond donors (Lipinski definition) is 2. The minimum Gasteiger partial charge on any atom is -0.374 e. The first-order chi connectivity index (χ1) is 9.40. The molecule has 4 nitrogen and oxygen atoms in total. The van der Waals surface area contributed by atoms with Crippen LogP contribution >= 0.6 is 0 Å². The highest BCUT2D eigenvalue weighted by molar-refractivity contribution is 5.93. The third-order valence-electron chi connectivity index (χ3n) is 4.22. The van der Waals surface area contributed by atoms with E-state index in [0.29, 0.717) is 0 Å². The van der Waals surface area contributed by atoms with Crippen LogP contribution in [0.15, 0.2) is 24.3 Å². The number of anilines is 1. The maximum Gasteiger partial charge on any atom is 0.230 e. The molecule has 20 heavy (non-hydrogen) atoms. The number of amides is 1. The molecule has 110 valence electrons. The lowest BCUT2D eigenvalue weighted by Crippen LogP contribution is -2.32. The fourth-order valence-corrected chi connectivity index (χ4v) is 2.84. The van der Waals surface area contributed by atoms with E-state index in [1.165, 1.54) is 0 Å². The highest BCUT2D eigenvalue weighted by Crippen LogP contribution is 2.33. The van der Waals surface area contributed by atoms with Crippen molar-refractivity contribution in [3.05, 3.63) is 29.8 Å². The normalized spacial score (nSPS) is 31.1. The van der Waals surface area contributed by atoms with Gasteiger partial charge in [0, 0.05) is 11.7 Å². The van der Waals surface area contributed by atoms with Crippen LogP contribution in [-0.4, -0.2) is 18.1 Å². The van der Waals surface area contributed by atoms with E-state index in [2.05, 4.69) is 12.2 Å². The van der Waals surface area contributed by atoms with Gasteiger partial charge in [-0.2, -0.15) is 0 Å². The average Bonchev–Trinajstić information content (AvgIpc) is 2.63. The second-order valence-corrected chi connectivity index (χ2v) is 5.83. The predicted octanol–water partition coefficient (Wildman–Crippen LogP) is 2.70. The largest absolute Gasteiger partial charge is 0.374 e. The molecule has 1 aliphatic rings. The highest BCUT2D eigenvalue weighted by Gasteiger charge is 2.41. The Balaban J connectivity index is 2.10. The summed E-state index contributed by atoms with van der Waals surface area (Å²) < 4.78 is 5.73. The van der Waals surface area contributed by atoms with Gasteiger partial charge in [0.1, 0.15) is 0 Å². The summed E-state index contributed by atoms with van der Waals surface area (Å²) >= 11 is 0. The lowest BCUT2D eigenvalue weighted by atomic mass is 9.89. The molecule has 1 aromatic rings. The SMILES string of the molecule is CC(N)c1cccc(NC(=O)C2C(C)OC(C)C2C)c1. The lowest BCUT2D eigenvalue weighted by Gasteiger charge is -2.18. The summed E-state index contributed by atoms with van der Waals surface area (Å²) in [7, 11) is 0. The van der Waals surface area contributed by atoms with Gasteiger partial charge in [-0.05, 0) is 44.4 Å². The fraction of sp³-hybridized carbons (Fsp3) is 0.562. The van der Waals surface area contributed by atoms with Gasteiger partial charge in [0.25, 0.3) is 0 Å². The molecule has 1 amide bonds. The minimum atomic E-state index is -0.107. The van der Waals surface area contributed by atoms with Crippen molar-refractivity contribution in [2.45, 2.75) is 45.9 Å². The molecule has 5 unspecified atom stereocenters. The van der Waals surface area contributed by atoms with Crippen LogP contribution in [0.2, 0.25) is 0 Å². The maximum atomic E-state index is 12.4. The van der Waals surface area contributed by atoms with E-state index in [-0.39, 0.29) is 36.0 Å². The second kappa shape index (κ2) is 5.94. The van der Waals surface area contributed by atoms with Crippen LogP contribution in [0.3, 0.4) is 0 Å². The molecule has 1 saturated heterocycles. The van der Waals surface area contributed by atoms with Crippen molar-refractivity contribution in [3.8, 4) is 0 Å². The van der Waals surface area contributed by atoms with Crippen LogP contribution in [0.5, 0.6) is 0 Å². The molecule has 2 rings (SSSR count). The Hall–Kier alpha value is -1.39. The van der Waals surface area contributed by atoms with Crippen LogP contribution in [0.1, 0.15) is 39.3 Å². The number of rotatable bonds is 3. The first-order valence-electron chi connectivity index (χ1n) is 7.22. The lowest BCUT2D eigenvalue weighted by molar-refractivity contribution is -0.121. The summed E-state index contributed by atoms with van der Waals surface area (Å²) in [4.78, 5) is 12.4. The molecule has 0 aliphatic carbocycles. The predicted molar refractivity (Wildman–Crippen MR) is 80.3 cm³/mol. The van der Waals surface area contributed by atoms with Crippen molar-refractivity contribution in [1.82, 2.24) is 0 Å². The zero-order chi connectivity index (χ0) is 14.9. The Bertz CT molecular complexity index is 487. The van der Waals surface area contributed by atoms with Crippen molar-refractivity contribution in [2.24, 2.45) is 17.6 Å². The molecular formula is C16H24N2O2. The summed E-state index contributed by atoms with van der Waals surface area (Å²) in [5.41, 5.74) is 7.67. The van der Waals surface area contributed by atoms with Crippen LogP contribution in [0.4, 0.5) is 5.69 Å². The summed E-state index contributed by atoms with van der Waals surface area (Å²) in [6, 6.07) is 7.65. The molecule has 1 aromatic carbocycles. The van der Waals surface area contributed by atoms with Gasteiger partial charge in [-0.15, -0.1) is 0 Å². The van der Waals surface area contributed by atoms with Crippen molar-refractivity contribution >= 4 is 11.6 Å². The van der Waals surface area contributed by atoms with E-state index in [1.807, 2.05) is 45.0 Å². The van der Waals surface area contributed by atoms with Gasteiger partial charge >= 0.3 is 0 Å². The van der Waals surface area contributed by atoms with Crippen molar-refractivity contribution in [3.63, 3.8) is 0 Å². The van der Waals surface area contributed by atoms with Gasteiger partial charge in [0.2, 0.25) is 5.91 Å². The van der Waals surface area contributed by atoms with Crippen molar-refractivity contribution < 1.29 is 9.53 Å². The summed E-state index contributed by atoms with van der Waals surface area (Å²) in [5, 5.41) is 2.99. The van der Waals surface area contributed by atoms with Gasteiger partial charge in [-0.1, -0.05) is 19.1 Å². The number of nitrogens with two attached hydrogens (primary N) is 1. The molecule has 1 aliphatic heterocycles. The Morgan fingerprint density at radius 1 is 1.30 bits per heavy atom. The molecular weight excluding hydrogens is 252 g/mol. The van der Waals surface area contributed by atoms with Crippen LogP contribution < -0.4 is 11.1 Å². The summed E-state index contributed by atoms with van der Waals surface area (Å²) in [5.74, 6) is 0.141. The van der Waals surface area contributed by atoms with Gasteiger partial charge in [0.05, 0.1) is 18.1 Å². The first kappa shape index (κ1) is 15.0. The molecule has 1 heterocycles. The number of nitrogens with one attached hydrogen (secondary N) is 1. The second-order valence-electron chi connectivity index (χ2n) is 5.83. The van der Waals surface area contributed by atoms with Gasteiger partial charge in [0.15, 0.2) is 0 Å². The highest BCUT2D eigenvalue weighted by atomic mass is 16.5. The van der Waals surface area contributed by atoms with E-state index < -0.39 is 0 Å². The Morgan fingerprint density at radius 3 is 2.55 bits per heavy atom.